The van der Waals surface area contributed by atoms with Gasteiger partial charge in [0.25, 0.3) is 10.2 Å². The SMILES string of the molecule is CCN(CC)S(=O)(=O)N1CCC[C@@H](N)C1.Cl. The van der Waals surface area contributed by atoms with Crippen LogP contribution in [0.1, 0.15) is 26.7 Å². The van der Waals surface area contributed by atoms with E-state index in [1.54, 1.807) is 0 Å². The van der Waals surface area contributed by atoms with Gasteiger partial charge in [-0.15, -0.1) is 12.4 Å². The van der Waals surface area contributed by atoms with Crippen LogP contribution < -0.4 is 5.73 Å². The van der Waals surface area contributed by atoms with E-state index in [-0.39, 0.29) is 18.4 Å². The van der Waals surface area contributed by atoms with Crippen molar-refractivity contribution in [3.63, 3.8) is 0 Å². The first kappa shape index (κ1) is 16.1. The maximum Gasteiger partial charge on any atom is 0.282 e. The zero-order valence-corrected chi connectivity index (χ0v) is 11.6. The summed E-state index contributed by atoms with van der Waals surface area (Å²) in [6.45, 7) is 5.80. The van der Waals surface area contributed by atoms with Gasteiger partial charge in [-0.3, -0.25) is 0 Å². The average Bonchev–Trinajstić information content (AvgIpc) is 2.19. The summed E-state index contributed by atoms with van der Waals surface area (Å²) in [4.78, 5) is 0. The monoisotopic (exact) mass is 271 g/mol. The minimum atomic E-state index is -3.27. The highest BCUT2D eigenvalue weighted by molar-refractivity contribution is 7.86. The molecule has 0 spiro atoms. The predicted octanol–water partition coefficient (Wildman–Crippen LogP) is 0.418. The Morgan fingerprint density at radius 3 is 2.38 bits per heavy atom. The third-order valence-electron chi connectivity index (χ3n) is 2.78. The van der Waals surface area contributed by atoms with E-state index in [9.17, 15) is 8.42 Å². The zero-order chi connectivity index (χ0) is 11.5. The van der Waals surface area contributed by atoms with Crippen LogP contribution in [-0.2, 0) is 10.2 Å². The summed E-state index contributed by atoms with van der Waals surface area (Å²) in [5, 5.41) is 0. The third-order valence-corrected chi connectivity index (χ3v) is 4.93. The Kier molecular flexibility index (Phi) is 6.81. The molecule has 5 nitrogen and oxygen atoms in total. The molecule has 0 saturated carbocycles. The van der Waals surface area contributed by atoms with Crippen LogP contribution in [0.2, 0.25) is 0 Å². The number of hydrogen-bond acceptors (Lipinski definition) is 3. The van der Waals surface area contributed by atoms with Crippen molar-refractivity contribution in [3.8, 4) is 0 Å². The number of hydrogen-bond donors (Lipinski definition) is 1. The molecule has 7 heteroatoms. The van der Waals surface area contributed by atoms with Gasteiger partial charge in [0, 0.05) is 32.2 Å². The molecule has 1 heterocycles. The summed E-state index contributed by atoms with van der Waals surface area (Å²) in [5.41, 5.74) is 5.78. The maximum atomic E-state index is 12.1. The topological polar surface area (TPSA) is 66.6 Å². The van der Waals surface area contributed by atoms with Crippen molar-refractivity contribution in [3.05, 3.63) is 0 Å². The predicted molar refractivity (Wildman–Crippen MR) is 67.9 cm³/mol. The second-order valence-electron chi connectivity index (χ2n) is 3.85. The molecule has 0 amide bonds. The molecule has 0 aliphatic carbocycles. The Morgan fingerprint density at radius 1 is 1.38 bits per heavy atom. The Hall–Kier alpha value is 0.120. The van der Waals surface area contributed by atoms with Crippen molar-refractivity contribution in [1.29, 1.82) is 0 Å². The zero-order valence-electron chi connectivity index (χ0n) is 9.92. The Balaban J connectivity index is 0.00000225. The van der Waals surface area contributed by atoms with Gasteiger partial charge in [0.1, 0.15) is 0 Å². The van der Waals surface area contributed by atoms with Crippen molar-refractivity contribution in [2.45, 2.75) is 32.7 Å². The molecule has 0 bridgehead atoms. The van der Waals surface area contributed by atoms with Crippen LogP contribution in [0.5, 0.6) is 0 Å². The lowest BCUT2D eigenvalue weighted by molar-refractivity contribution is 0.288. The molecule has 1 saturated heterocycles. The Labute approximate surface area is 105 Å². The van der Waals surface area contributed by atoms with E-state index in [1.165, 1.54) is 8.61 Å². The molecule has 1 aliphatic rings. The van der Waals surface area contributed by atoms with E-state index in [2.05, 4.69) is 0 Å². The van der Waals surface area contributed by atoms with Crippen LogP contribution in [0.3, 0.4) is 0 Å². The molecule has 98 valence electrons. The molecule has 1 rings (SSSR count). The maximum absolute atomic E-state index is 12.1. The smallest absolute Gasteiger partial charge is 0.282 e. The molecule has 0 aromatic rings. The summed E-state index contributed by atoms with van der Waals surface area (Å²) < 4.78 is 27.2. The van der Waals surface area contributed by atoms with E-state index in [0.29, 0.717) is 26.2 Å². The molecule has 0 aromatic heterocycles. The van der Waals surface area contributed by atoms with Crippen molar-refractivity contribution in [2.24, 2.45) is 5.73 Å². The first-order chi connectivity index (χ1) is 7.02. The second kappa shape index (κ2) is 6.76. The fourth-order valence-corrected chi connectivity index (χ4v) is 3.62. The molecule has 1 fully saturated rings. The van der Waals surface area contributed by atoms with Crippen LogP contribution in [0.15, 0.2) is 0 Å². The van der Waals surface area contributed by atoms with Crippen LogP contribution >= 0.6 is 12.4 Å². The quantitative estimate of drug-likeness (QED) is 0.806. The molecular formula is C9H22ClN3O2S. The highest BCUT2D eigenvalue weighted by atomic mass is 35.5. The fraction of sp³-hybridized carbons (Fsp3) is 1.00. The number of piperidine rings is 1. The van der Waals surface area contributed by atoms with Crippen LogP contribution in [-0.4, -0.2) is 49.2 Å². The molecule has 0 radical (unpaired) electrons. The van der Waals surface area contributed by atoms with E-state index in [0.717, 1.165) is 12.8 Å². The third kappa shape index (κ3) is 3.56. The second-order valence-corrected chi connectivity index (χ2v) is 5.78. The van der Waals surface area contributed by atoms with Gasteiger partial charge in [-0.1, -0.05) is 13.8 Å². The first-order valence-corrected chi connectivity index (χ1v) is 6.92. The largest absolute Gasteiger partial charge is 0.327 e. The molecule has 0 unspecified atom stereocenters. The van der Waals surface area contributed by atoms with E-state index < -0.39 is 10.2 Å². The van der Waals surface area contributed by atoms with Gasteiger partial charge in [-0.2, -0.15) is 17.0 Å². The normalized spacial score (nSPS) is 23.1. The lowest BCUT2D eigenvalue weighted by Crippen LogP contribution is -2.51. The van der Waals surface area contributed by atoms with Gasteiger partial charge in [-0.05, 0) is 12.8 Å². The van der Waals surface area contributed by atoms with Crippen molar-refractivity contribution < 1.29 is 8.42 Å². The van der Waals surface area contributed by atoms with Gasteiger partial charge in [-0.25, -0.2) is 0 Å². The molecule has 2 N–H and O–H groups in total. The first-order valence-electron chi connectivity index (χ1n) is 5.53. The van der Waals surface area contributed by atoms with Crippen LogP contribution in [0.4, 0.5) is 0 Å². The van der Waals surface area contributed by atoms with Gasteiger partial charge >= 0.3 is 0 Å². The lowest BCUT2D eigenvalue weighted by Gasteiger charge is -2.33. The Morgan fingerprint density at radius 2 is 1.94 bits per heavy atom. The Bertz CT molecular complexity index is 293. The molecular weight excluding hydrogens is 250 g/mol. The summed E-state index contributed by atoms with van der Waals surface area (Å²) in [7, 11) is -3.27. The van der Waals surface area contributed by atoms with Crippen molar-refractivity contribution in [2.75, 3.05) is 26.2 Å². The van der Waals surface area contributed by atoms with Gasteiger partial charge in [0.2, 0.25) is 0 Å². The number of halogens is 1. The molecule has 0 aromatic carbocycles. The highest BCUT2D eigenvalue weighted by Gasteiger charge is 2.30. The van der Waals surface area contributed by atoms with Crippen molar-refractivity contribution in [1.82, 2.24) is 8.61 Å². The molecule has 1 atom stereocenters. The lowest BCUT2D eigenvalue weighted by atomic mass is 10.1. The van der Waals surface area contributed by atoms with Crippen LogP contribution in [0.25, 0.3) is 0 Å². The van der Waals surface area contributed by atoms with E-state index >= 15 is 0 Å². The standard InChI is InChI=1S/C9H21N3O2S.ClH/c1-3-11(4-2)15(13,14)12-7-5-6-9(10)8-12;/h9H,3-8,10H2,1-2H3;1H/t9-;/m1./s1. The number of rotatable bonds is 4. The summed E-state index contributed by atoms with van der Waals surface area (Å²) in [6, 6.07) is -0.0101. The van der Waals surface area contributed by atoms with Crippen LogP contribution in [0, 0.1) is 0 Å². The van der Waals surface area contributed by atoms with E-state index in [4.69, 9.17) is 5.73 Å². The van der Waals surface area contributed by atoms with E-state index in [1.807, 2.05) is 13.8 Å². The summed E-state index contributed by atoms with van der Waals surface area (Å²) in [6.07, 6.45) is 1.78. The van der Waals surface area contributed by atoms with Gasteiger partial charge in [0.15, 0.2) is 0 Å². The van der Waals surface area contributed by atoms with Crippen molar-refractivity contribution >= 4 is 22.6 Å². The minimum Gasteiger partial charge on any atom is -0.327 e. The minimum absolute atomic E-state index is 0. The molecule has 1 aliphatic heterocycles. The van der Waals surface area contributed by atoms with Gasteiger partial charge in [0.05, 0.1) is 0 Å². The highest BCUT2D eigenvalue weighted by Crippen LogP contribution is 2.15. The summed E-state index contributed by atoms with van der Waals surface area (Å²) in [5.74, 6) is 0. The van der Waals surface area contributed by atoms with Gasteiger partial charge < -0.3 is 5.73 Å². The average molecular weight is 272 g/mol. The summed E-state index contributed by atoms with van der Waals surface area (Å²) >= 11 is 0. The molecule has 16 heavy (non-hydrogen) atoms. The fourth-order valence-electron chi connectivity index (χ4n) is 1.90. The number of nitrogens with zero attached hydrogens (tertiary/aromatic N) is 2. The number of nitrogens with two attached hydrogens (primary N) is 1.